The van der Waals surface area contributed by atoms with Crippen molar-refractivity contribution in [2.75, 3.05) is 57.2 Å². The molecule has 0 unspecified atom stereocenters. The number of nitrogens with zero attached hydrogens (tertiary/aromatic N) is 4. The zero-order valence-corrected chi connectivity index (χ0v) is 22.3. The van der Waals surface area contributed by atoms with Crippen LogP contribution in [0.4, 0.5) is 5.69 Å². The molecule has 1 aliphatic heterocycles. The van der Waals surface area contributed by atoms with Gasteiger partial charge < -0.3 is 14.4 Å². The summed E-state index contributed by atoms with van der Waals surface area (Å²) >= 11 is 1.23. The van der Waals surface area contributed by atoms with Crippen LogP contribution < -0.4 is 10.5 Å². The van der Waals surface area contributed by atoms with Crippen molar-refractivity contribution in [3.63, 3.8) is 0 Å². The first-order valence-corrected chi connectivity index (χ1v) is 13.3. The lowest BCUT2D eigenvalue weighted by atomic mass is 10.1. The van der Waals surface area contributed by atoms with Gasteiger partial charge in [-0.3, -0.25) is 19.1 Å². The van der Waals surface area contributed by atoms with Crippen molar-refractivity contribution < 1.29 is 19.1 Å². The van der Waals surface area contributed by atoms with Crippen molar-refractivity contribution in [1.82, 2.24) is 14.5 Å². The molecular weight excluding hydrogens is 492 g/mol. The van der Waals surface area contributed by atoms with Gasteiger partial charge >= 0.3 is 5.97 Å². The highest BCUT2D eigenvalue weighted by atomic mass is 32.2. The summed E-state index contributed by atoms with van der Waals surface area (Å²) in [4.78, 5) is 47.5. The summed E-state index contributed by atoms with van der Waals surface area (Å²) < 4.78 is 11.9. The number of hydrogen-bond acceptors (Lipinski definition) is 8. The van der Waals surface area contributed by atoms with Gasteiger partial charge in [0, 0.05) is 38.4 Å². The largest absolute Gasteiger partial charge is 0.465 e. The molecule has 1 saturated heterocycles. The van der Waals surface area contributed by atoms with Crippen LogP contribution in [0.15, 0.2) is 52.4 Å². The molecule has 3 aromatic rings. The second-order valence-corrected chi connectivity index (χ2v) is 9.74. The first-order chi connectivity index (χ1) is 17.9. The summed E-state index contributed by atoms with van der Waals surface area (Å²) in [6.45, 7) is 8.51. The quantitative estimate of drug-likeness (QED) is 0.240. The van der Waals surface area contributed by atoms with Gasteiger partial charge in [-0.1, -0.05) is 23.9 Å². The van der Waals surface area contributed by atoms with Gasteiger partial charge in [0.2, 0.25) is 5.91 Å². The molecule has 2 aromatic carbocycles. The molecule has 1 aromatic heterocycles. The second-order valence-electron chi connectivity index (χ2n) is 8.79. The number of amides is 1. The maximum absolute atomic E-state index is 13.5. The number of carbonyl (C=O) groups excluding carboxylic acids is 2. The summed E-state index contributed by atoms with van der Waals surface area (Å²) in [6, 6.07) is 12.6. The molecule has 2 heterocycles. The number of fused-ring (bicyclic) bond motifs is 1. The molecule has 0 radical (unpaired) electrons. The fourth-order valence-electron chi connectivity index (χ4n) is 4.32. The van der Waals surface area contributed by atoms with E-state index in [-0.39, 0.29) is 17.2 Å². The topological polar surface area (TPSA) is 94.0 Å². The van der Waals surface area contributed by atoms with Crippen LogP contribution in [0.5, 0.6) is 0 Å². The predicted octanol–water partition coefficient (Wildman–Crippen LogP) is 2.97. The molecular formula is C27H32N4O5S. The smallest absolute Gasteiger partial charge is 0.337 e. The van der Waals surface area contributed by atoms with E-state index in [1.165, 1.54) is 18.9 Å². The summed E-state index contributed by atoms with van der Waals surface area (Å²) in [5.41, 5.74) is 2.43. The van der Waals surface area contributed by atoms with E-state index in [4.69, 9.17) is 14.5 Å². The van der Waals surface area contributed by atoms with Crippen molar-refractivity contribution in [2.45, 2.75) is 25.5 Å². The molecule has 1 fully saturated rings. The number of aryl methyl sites for hydroxylation is 1. The number of morpholine rings is 1. The van der Waals surface area contributed by atoms with Crippen molar-refractivity contribution in [3.05, 3.63) is 63.9 Å². The average molecular weight is 525 g/mol. The SMILES string of the molecule is CCN(C(=O)CSc1nc2cc(C(=O)OC)ccc2c(=O)n1CCN1CCOCC1)c1cccc(C)c1. The molecule has 0 N–H and O–H groups in total. The minimum Gasteiger partial charge on any atom is -0.465 e. The molecule has 0 atom stereocenters. The van der Waals surface area contributed by atoms with Gasteiger partial charge in [-0.05, 0) is 49.7 Å². The van der Waals surface area contributed by atoms with Gasteiger partial charge in [-0.25, -0.2) is 9.78 Å². The number of carbonyl (C=O) groups is 2. The van der Waals surface area contributed by atoms with Gasteiger partial charge in [0.25, 0.3) is 5.56 Å². The monoisotopic (exact) mass is 524 g/mol. The Labute approximate surface area is 220 Å². The number of ether oxygens (including phenoxy) is 2. The zero-order valence-electron chi connectivity index (χ0n) is 21.4. The summed E-state index contributed by atoms with van der Waals surface area (Å²) in [5, 5.41) is 0.863. The summed E-state index contributed by atoms with van der Waals surface area (Å²) in [7, 11) is 1.31. The minimum absolute atomic E-state index is 0.0736. The van der Waals surface area contributed by atoms with Crippen LogP contribution in [0.3, 0.4) is 0 Å². The predicted molar refractivity (Wildman–Crippen MR) is 145 cm³/mol. The molecule has 0 bridgehead atoms. The molecule has 37 heavy (non-hydrogen) atoms. The Kier molecular flexibility index (Phi) is 8.96. The number of hydrogen-bond donors (Lipinski definition) is 0. The van der Waals surface area contributed by atoms with Crippen molar-refractivity contribution >= 4 is 40.2 Å². The third-order valence-electron chi connectivity index (χ3n) is 6.34. The fourth-order valence-corrected chi connectivity index (χ4v) is 5.22. The van der Waals surface area contributed by atoms with Gasteiger partial charge in [0.05, 0.1) is 42.5 Å². The summed E-state index contributed by atoms with van der Waals surface area (Å²) in [5.74, 6) is -0.453. The van der Waals surface area contributed by atoms with Crippen molar-refractivity contribution in [1.29, 1.82) is 0 Å². The van der Waals surface area contributed by atoms with E-state index < -0.39 is 5.97 Å². The van der Waals surface area contributed by atoms with E-state index in [1.807, 2.05) is 38.1 Å². The third kappa shape index (κ3) is 6.38. The van der Waals surface area contributed by atoms with Crippen LogP contribution in [-0.2, 0) is 20.8 Å². The van der Waals surface area contributed by atoms with Crippen molar-refractivity contribution in [2.24, 2.45) is 0 Å². The van der Waals surface area contributed by atoms with Gasteiger partial charge in [0.15, 0.2) is 5.16 Å². The molecule has 0 saturated carbocycles. The molecule has 0 spiro atoms. The van der Waals surface area contributed by atoms with E-state index in [1.54, 1.807) is 27.7 Å². The van der Waals surface area contributed by atoms with E-state index >= 15 is 0 Å². The lowest BCUT2D eigenvalue weighted by Crippen LogP contribution is -2.39. The lowest BCUT2D eigenvalue weighted by molar-refractivity contribution is -0.116. The molecule has 196 valence electrons. The zero-order chi connectivity index (χ0) is 26.4. The Morgan fingerprint density at radius 1 is 1.14 bits per heavy atom. The number of esters is 1. The highest BCUT2D eigenvalue weighted by molar-refractivity contribution is 7.99. The lowest BCUT2D eigenvalue weighted by Gasteiger charge is -2.27. The minimum atomic E-state index is -0.499. The number of benzene rings is 2. The Bertz CT molecular complexity index is 1340. The van der Waals surface area contributed by atoms with Gasteiger partial charge in [-0.15, -0.1) is 0 Å². The number of methoxy groups -OCH3 is 1. The molecule has 9 nitrogen and oxygen atoms in total. The van der Waals surface area contributed by atoms with E-state index in [9.17, 15) is 14.4 Å². The summed E-state index contributed by atoms with van der Waals surface area (Å²) in [6.07, 6.45) is 0. The highest BCUT2D eigenvalue weighted by Gasteiger charge is 2.19. The van der Waals surface area contributed by atoms with Crippen LogP contribution in [0.25, 0.3) is 10.9 Å². The highest BCUT2D eigenvalue weighted by Crippen LogP contribution is 2.22. The van der Waals surface area contributed by atoms with Gasteiger partial charge in [0.1, 0.15) is 0 Å². The Morgan fingerprint density at radius 3 is 2.62 bits per heavy atom. The van der Waals surface area contributed by atoms with Crippen molar-refractivity contribution in [3.8, 4) is 0 Å². The molecule has 1 amide bonds. The normalized spacial score (nSPS) is 14.0. The number of thioether (sulfide) groups is 1. The van der Waals surface area contributed by atoms with Crippen LogP contribution in [-0.4, -0.2) is 78.6 Å². The van der Waals surface area contributed by atoms with Crippen LogP contribution in [0, 0.1) is 6.92 Å². The average Bonchev–Trinajstić information content (AvgIpc) is 2.91. The first kappa shape index (κ1) is 26.8. The Balaban J connectivity index is 1.63. The molecule has 10 heteroatoms. The number of rotatable bonds is 9. The van der Waals surface area contributed by atoms with Crippen LogP contribution in [0.1, 0.15) is 22.8 Å². The number of aromatic nitrogens is 2. The van der Waals surface area contributed by atoms with E-state index in [0.717, 1.165) is 24.3 Å². The van der Waals surface area contributed by atoms with Gasteiger partial charge in [-0.2, -0.15) is 0 Å². The van der Waals surface area contributed by atoms with Crippen LogP contribution in [0.2, 0.25) is 0 Å². The first-order valence-electron chi connectivity index (χ1n) is 12.3. The Hall–Kier alpha value is -3.21. The second kappa shape index (κ2) is 12.4. The third-order valence-corrected chi connectivity index (χ3v) is 7.30. The van der Waals surface area contributed by atoms with Crippen LogP contribution >= 0.6 is 11.8 Å². The molecule has 0 aliphatic carbocycles. The molecule has 4 rings (SSSR count). The maximum atomic E-state index is 13.5. The van der Waals surface area contributed by atoms with E-state index in [0.29, 0.717) is 54.5 Å². The number of anilines is 1. The molecule has 1 aliphatic rings. The van der Waals surface area contributed by atoms with E-state index in [2.05, 4.69) is 4.90 Å². The fraction of sp³-hybridized carbons (Fsp3) is 0.407. The maximum Gasteiger partial charge on any atom is 0.337 e. The standard InChI is InChI=1S/C27H32N4O5S/c1-4-30(21-7-5-6-19(2)16-21)24(32)18-37-27-28-23-17-20(26(34)35-3)8-9-22(23)25(33)31(27)11-10-29-12-14-36-15-13-29/h5-9,16-17H,4,10-15,18H2,1-3H3. The Morgan fingerprint density at radius 2 is 1.92 bits per heavy atom.